The van der Waals surface area contributed by atoms with Crippen LogP contribution in [0.25, 0.3) is 0 Å². The average molecular weight is 344 g/mol. The lowest BCUT2D eigenvalue weighted by Crippen LogP contribution is -2.53. The normalized spacial score (nSPS) is 23.1. The Balaban J connectivity index is 1.68. The lowest BCUT2D eigenvalue weighted by atomic mass is 9.67. The van der Waals surface area contributed by atoms with E-state index in [1.165, 1.54) is 0 Å². The predicted molar refractivity (Wildman–Crippen MR) is 96.2 cm³/mol. The van der Waals surface area contributed by atoms with E-state index in [1.807, 2.05) is 35.0 Å². The van der Waals surface area contributed by atoms with E-state index in [4.69, 9.17) is 4.74 Å². The molecule has 0 aromatic heterocycles. The van der Waals surface area contributed by atoms with Crippen LogP contribution in [0.2, 0.25) is 0 Å². The van der Waals surface area contributed by atoms with E-state index in [9.17, 15) is 9.59 Å². The quantitative estimate of drug-likeness (QED) is 0.842. The van der Waals surface area contributed by atoms with Gasteiger partial charge in [0.2, 0.25) is 11.8 Å². The summed E-state index contributed by atoms with van der Waals surface area (Å²) >= 11 is 0. The maximum absolute atomic E-state index is 12.7. The Hall–Kier alpha value is -1.88. The van der Waals surface area contributed by atoms with Gasteiger partial charge in [-0.05, 0) is 30.2 Å². The first-order valence-electron chi connectivity index (χ1n) is 9.11. The zero-order valence-electron chi connectivity index (χ0n) is 15.2. The summed E-state index contributed by atoms with van der Waals surface area (Å²) in [7, 11) is 3.53. The lowest BCUT2D eigenvalue weighted by molar-refractivity contribution is -0.143. The summed E-state index contributed by atoms with van der Waals surface area (Å²) in [5.74, 6) is 0.336. The van der Waals surface area contributed by atoms with Gasteiger partial charge in [0.15, 0.2) is 0 Å². The standard InChI is InChI=1S/C20H28N2O3/c1-21-15-20(9-11-22(12-10-20)18(23)8-13-25-2)14-17(19(21)24)16-6-4-3-5-7-16/h3-7,17H,8-15H2,1-2H3/t17-/m0/s1. The first-order valence-corrected chi connectivity index (χ1v) is 9.11. The number of hydrogen-bond acceptors (Lipinski definition) is 3. The number of hydrogen-bond donors (Lipinski definition) is 0. The van der Waals surface area contributed by atoms with Crippen LogP contribution in [-0.4, -0.2) is 62.0 Å². The highest BCUT2D eigenvalue weighted by molar-refractivity contribution is 5.84. The Kier molecular flexibility index (Phi) is 5.42. The highest BCUT2D eigenvalue weighted by atomic mass is 16.5. The largest absolute Gasteiger partial charge is 0.384 e. The molecule has 0 unspecified atom stereocenters. The van der Waals surface area contributed by atoms with Crippen LogP contribution in [0.15, 0.2) is 30.3 Å². The fourth-order valence-corrected chi connectivity index (χ4v) is 4.32. The van der Waals surface area contributed by atoms with Gasteiger partial charge in [-0.2, -0.15) is 0 Å². The molecule has 3 rings (SSSR count). The topological polar surface area (TPSA) is 49.9 Å². The summed E-state index contributed by atoms with van der Waals surface area (Å²) in [4.78, 5) is 28.8. The fourth-order valence-electron chi connectivity index (χ4n) is 4.32. The molecule has 1 atom stereocenters. The van der Waals surface area contributed by atoms with Gasteiger partial charge in [-0.25, -0.2) is 0 Å². The van der Waals surface area contributed by atoms with Crippen LogP contribution in [0.5, 0.6) is 0 Å². The van der Waals surface area contributed by atoms with Gasteiger partial charge in [0.05, 0.1) is 18.9 Å². The molecule has 25 heavy (non-hydrogen) atoms. The molecule has 2 aliphatic heterocycles. The number of carbonyl (C=O) groups is 2. The summed E-state index contributed by atoms with van der Waals surface area (Å²) in [5, 5.41) is 0. The van der Waals surface area contributed by atoms with Crippen molar-refractivity contribution in [3.63, 3.8) is 0 Å². The van der Waals surface area contributed by atoms with Crippen LogP contribution < -0.4 is 0 Å². The number of ether oxygens (including phenoxy) is 1. The van der Waals surface area contributed by atoms with Crippen molar-refractivity contribution in [3.05, 3.63) is 35.9 Å². The van der Waals surface area contributed by atoms with Gasteiger partial charge >= 0.3 is 0 Å². The van der Waals surface area contributed by atoms with E-state index in [2.05, 4.69) is 12.1 Å². The summed E-state index contributed by atoms with van der Waals surface area (Å²) < 4.78 is 5.01. The molecule has 5 nitrogen and oxygen atoms in total. The molecular formula is C20H28N2O3. The van der Waals surface area contributed by atoms with E-state index in [0.29, 0.717) is 13.0 Å². The fraction of sp³-hybridized carbons (Fsp3) is 0.600. The number of amides is 2. The Labute approximate surface area is 149 Å². The molecule has 1 aromatic rings. The van der Waals surface area contributed by atoms with E-state index >= 15 is 0 Å². The van der Waals surface area contributed by atoms with Crippen LogP contribution in [-0.2, 0) is 14.3 Å². The molecule has 0 N–H and O–H groups in total. The molecule has 2 fully saturated rings. The van der Waals surface area contributed by atoms with Gasteiger partial charge in [0.1, 0.15) is 0 Å². The van der Waals surface area contributed by atoms with Crippen molar-refractivity contribution in [1.29, 1.82) is 0 Å². The maximum atomic E-state index is 12.7. The number of likely N-dealkylation sites (tertiary alicyclic amines) is 2. The van der Waals surface area contributed by atoms with Gasteiger partial charge in [-0.3, -0.25) is 9.59 Å². The molecule has 0 saturated carbocycles. The molecule has 0 bridgehead atoms. The molecular weight excluding hydrogens is 316 g/mol. The van der Waals surface area contributed by atoms with Gasteiger partial charge in [0, 0.05) is 33.8 Å². The van der Waals surface area contributed by atoms with E-state index < -0.39 is 0 Å². The van der Waals surface area contributed by atoms with Crippen molar-refractivity contribution < 1.29 is 14.3 Å². The predicted octanol–water partition coefficient (Wildman–Crippen LogP) is 2.28. The summed E-state index contributed by atoms with van der Waals surface area (Å²) in [6.07, 6.45) is 3.27. The third-order valence-electron chi connectivity index (χ3n) is 5.78. The molecule has 2 saturated heterocycles. The Bertz CT molecular complexity index is 609. The summed E-state index contributed by atoms with van der Waals surface area (Å²) in [6, 6.07) is 10.1. The zero-order chi connectivity index (χ0) is 17.9. The van der Waals surface area contributed by atoms with Crippen LogP contribution >= 0.6 is 0 Å². The van der Waals surface area contributed by atoms with Crippen molar-refractivity contribution >= 4 is 11.8 Å². The second-order valence-corrected chi connectivity index (χ2v) is 7.49. The van der Waals surface area contributed by atoms with Gasteiger partial charge in [-0.1, -0.05) is 30.3 Å². The molecule has 5 heteroatoms. The summed E-state index contributed by atoms with van der Waals surface area (Å²) in [6.45, 7) is 2.85. The molecule has 0 aliphatic carbocycles. The minimum atomic E-state index is -0.0595. The molecule has 0 radical (unpaired) electrons. The van der Waals surface area contributed by atoms with Gasteiger partial charge in [-0.15, -0.1) is 0 Å². The average Bonchev–Trinajstić information content (AvgIpc) is 2.64. The number of carbonyl (C=O) groups excluding carboxylic acids is 2. The van der Waals surface area contributed by atoms with Gasteiger partial charge in [0.25, 0.3) is 0 Å². The summed E-state index contributed by atoms with van der Waals surface area (Å²) in [5.41, 5.74) is 1.23. The van der Waals surface area contributed by atoms with Crippen molar-refractivity contribution in [1.82, 2.24) is 9.80 Å². The highest BCUT2D eigenvalue weighted by Gasteiger charge is 2.45. The second-order valence-electron chi connectivity index (χ2n) is 7.49. The van der Waals surface area contributed by atoms with Gasteiger partial charge < -0.3 is 14.5 Å². The third kappa shape index (κ3) is 3.87. The number of benzene rings is 1. The van der Waals surface area contributed by atoms with E-state index in [0.717, 1.165) is 44.5 Å². The number of nitrogens with zero attached hydrogens (tertiary/aromatic N) is 2. The van der Waals surface area contributed by atoms with Crippen molar-refractivity contribution in [2.24, 2.45) is 5.41 Å². The van der Waals surface area contributed by atoms with Crippen LogP contribution in [0.3, 0.4) is 0 Å². The first kappa shape index (κ1) is 17.9. The van der Waals surface area contributed by atoms with E-state index in [1.54, 1.807) is 7.11 Å². The number of methoxy groups -OCH3 is 1. The molecule has 136 valence electrons. The highest BCUT2D eigenvalue weighted by Crippen LogP contribution is 2.45. The van der Waals surface area contributed by atoms with Crippen LogP contribution in [0.1, 0.15) is 37.2 Å². The molecule has 2 heterocycles. The second kappa shape index (κ2) is 7.56. The smallest absolute Gasteiger partial charge is 0.229 e. The zero-order valence-corrected chi connectivity index (χ0v) is 15.2. The molecule has 1 spiro atoms. The Morgan fingerprint density at radius 3 is 2.56 bits per heavy atom. The van der Waals surface area contributed by atoms with Crippen molar-refractivity contribution in [2.75, 3.05) is 40.4 Å². The Morgan fingerprint density at radius 1 is 1.24 bits per heavy atom. The monoisotopic (exact) mass is 344 g/mol. The number of piperidine rings is 2. The number of likely N-dealkylation sites (N-methyl/N-ethyl adjacent to an activating group) is 1. The molecule has 1 aromatic carbocycles. The van der Waals surface area contributed by atoms with Crippen LogP contribution in [0.4, 0.5) is 0 Å². The minimum absolute atomic E-state index is 0.0595. The maximum Gasteiger partial charge on any atom is 0.229 e. The first-order chi connectivity index (χ1) is 12.0. The molecule has 2 amide bonds. The SMILES string of the molecule is COCCC(=O)N1CCC2(CC1)C[C@@H](c1ccccc1)C(=O)N(C)C2. The van der Waals surface area contributed by atoms with Crippen LogP contribution in [0, 0.1) is 5.41 Å². The van der Waals surface area contributed by atoms with Crippen molar-refractivity contribution in [2.45, 2.75) is 31.6 Å². The lowest BCUT2D eigenvalue weighted by Gasteiger charge is -2.49. The Morgan fingerprint density at radius 2 is 1.92 bits per heavy atom. The minimum Gasteiger partial charge on any atom is -0.384 e. The third-order valence-corrected chi connectivity index (χ3v) is 5.78. The number of rotatable bonds is 4. The van der Waals surface area contributed by atoms with E-state index in [-0.39, 0.29) is 23.1 Å². The van der Waals surface area contributed by atoms with Crippen molar-refractivity contribution in [3.8, 4) is 0 Å². The molecule has 2 aliphatic rings.